The highest BCUT2D eigenvalue weighted by atomic mass is 32.1. The first kappa shape index (κ1) is 16.7. The molecule has 0 saturated carbocycles. The van der Waals surface area contributed by atoms with E-state index in [0.29, 0.717) is 0 Å². The van der Waals surface area contributed by atoms with E-state index in [1.807, 2.05) is 60.7 Å². The van der Waals surface area contributed by atoms with Crippen LogP contribution in [-0.4, -0.2) is 22.0 Å². The molecule has 4 heteroatoms. The van der Waals surface area contributed by atoms with Crippen LogP contribution in [0.4, 0.5) is 0 Å². The lowest BCUT2D eigenvalue weighted by Gasteiger charge is -2.37. The highest BCUT2D eigenvalue weighted by molar-refractivity contribution is 7.80. The molecule has 3 nitrogen and oxygen atoms in total. The van der Waals surface area contributed by atoms with Gasteiger partial charge in [0.15, 0.2) is 5.60 Å². The number of thiocarbonyl (C=S) groups is 1. The first-order valence-electron chi connectivity index (χ1n) is 8.12. The summed E-state index contributed by atoms with van der Waals surface area (Å²) in [5, 5.41) is 0.244. The highest BCUT2D eigenvalue weighted by Gasteiger charge is 2.56. The van der Waals surface area contributed by atoms with Crippen LogP contribution in [0, 0.1) is 5.92 Å². The maximum absolute atomic E-state index is 12.3. The minimum Gasteiger partial charge on any atom is -0.452 e. The Morgan fingerprint density at radius 1 is 1.04 bits per heavy atom. The summed E-state index contributed by atoms with van der Waals surface area (Å²) in [6.45, 7) is 5.73. The topological polar surface area (TPSA) is 29.5 Å². The summed E-state index contributed by atoms with van der Waals surface area (Å²) in [5.41, 5.74) is 1.21. The Bertz CT molecular complexity index is 703. The van der Waals surface area contributed by atoms with Crippen LogP contribution in [0.1, 0.15) is 31.9 Å². The van der Waals surface area contributed by atoms with E-state index in [9.17, 15) is 4.79 Å². The van der Waals surface area contributed by atoms with Crippen molar-refractivity contribution in [2.24, 2.45) is 5.92 Å². The minimum atomic E-state index is -0.792. The van der Waals surface area contributed by atoms with Crippen molar-refractivity contribution in [3.63, 3.8) is 0 Å². The van der Waals surface area contributed by atoms with E-state index in [2.05, 4.69) is 13.8 Å². The third kappa shape index (κ3) is 2.51. The molecule has 1 saturated heterocycles. The van der Waals surface area contributed by atoms with Gasteiger partial charge >= 0.3 is 0 Å². The molecule has 0 unspecified atom stereocenters. The second-order valence-electron chi connectivity index (χ2n) is 6.41. The number of hydrogen-bond acceptors (Lipinski definition) is 3. The van der Waals surface area contributed by atoms with Gasteiger partial charge in [-0.25, -0.2) is 0 Å². The number of rotatable bonds is 3. The molecule has 1 atom stereocenters. The predicted octanol–water partition coefficient (Wildman–Crippen LogP) is 4.12. The predicted molar refractivity (Wildman–Crippen MR) is 98.5 cm³/mol. The number of carbonyl (C=O) groups excluding carboxylic acids is 1. The van der Waals surface area contributed by atoms with Crippen molar-refractivity contribution < 1.29 is 9.53 Å². The fourth-order valence-electron chi connectivity index (χ4n) is 3.63. The van der Waals surface area contributed by atoms with Crippen LogP contribution >= 0.6 is 12.2 Å². The van der Waals surface area contributed by atoms with E-state index >= 15 is 0 Å². The van der Waals surface area contributed by atoms with Crippen molar-refractivity contribution in [2.75, 3.05) is 0 Å². The first-order chi connectivity index (χ1) is 11.5. The molecule has 0 spiro atoms. The molecule has 0 aliphatic carbocycles. The van der Waals surface area contributed by atoms with E-state index in [4.69, 9.17) is 17.0 Å². The number of benzene rings is 2. The average molecular weight is 339 g/mol. The second-order valence-corrected chi connectivity index (χ2v) is 6.76. The summed E-state index contributed by atoms with van der Waals surface area (Å²) < 4.78 is 6.31. The molecule has 124 valence electrons. The van der Waals surface area contributed by atoms with Gasteiger partial charge < -0.3 is 4.74 Å². The normalized spacial score (nSPS) is 19.4. The smallest absolute Gasteiger partial charge is 0.267 e. The standard InChI is InChI=1S/C20H21NO2S/c1-14(2)18-20(16-10-6-4-7-11-16,17-12-8-5-9-13-17)23-19(24)21(18)15(3)22/h4-14,18H,1-3H3/t18-/m0/s1. The fourth-order valence-corrected chi connectivity index (χ4v) is 4.01. The van der Waals surface area contributed by atoms with Crippen LogP contribution < -0.4 is 0 Å². The van der Waals surface area contributed by atoms with Gasteiger partial charge in [-0.05, 0) is 18.1 Å². The van der Waals surface area contributed by atoms with E-state index < -0.39 is 5.60 Å². The SMILES string of the molecule is CC(=O)N1C(=S)OC(c2ccccc2)(c2ccccc2)[C@@H]1C(C)C. The number of nitrogens with zero attached hydrogens (tertiary/aromatic N) is 1. The molecule has 2 aromatic carbocycles. The van der Waals surface area contributed by atoms with Crippen LogP contribution in [0.5, 0.6) is 0 Å². The van der Waals surface area contributed by atoms with Gasteiger partial charge in [0, 0.05) is 18.1 Å². The zero-order chi connectivity index (χ0) is 17.3. The van der Waals surface area contributed by atoms with Crippen molar-refractivity contribution in [3.05, 3.63) is 71.8 Å². The monoisotopic (exact) mass is 339 g/mol. The lowest BCUT2D eigenvalue weighted by atomic mass is 9.76. The van der Waals surface area contributed by atoms with Crippen molar-refractivity contribution in [1.82, 2.24) is 4.90 Å². The van der Waals surface area contributed by atoms with Crippen molar-refractivity contribution in [2.45, 2.75) is 32.4 Å². The lowest BCUT2D eigenvalue weighted by molar-refractivity contribution is -0.127. The van der Waals surface area contributed by atoms with Gasteiger partial charge in [0.2, 0.25) is 5.91 Å². The molecular formula is C20H21NO2S. The first-order valence-corrected chi connectivity index (χ1v) is 8.53. The Hall–Kier alpha value is -2.20. The molecule has 1 fully saturated rings. The molecule has 1 aliphatic rings. The Balaban J connectivity index is 2.29. The van der Waals surface area contributed by atoms with E-state index in [-0.39, 0.29) is 23.0 Å². The second kappa shape index (κ2) is 6.36. The van der Waals surface area contributed by atoms with Crippen LogP contribution in [0.3, 0.4) is 0 Å². The average Bonchev–Trinajstić information content (AvgIpc) is 2.91. The van der Waals surface area contributed by atoms with Gasteiger partial charge in [-0.2, -0.15) is 0 Å². The van der Waals surface area contributed by atoms with Crippen molar-refractivity contribution in [1.29, 1.82) is 0 Å². The van der Waals surface area contributed by atoms with Crippen LogP contribution in [0.25, 0.3) is 0 Å². The molecule has 2 aromatic rings. The van der Waals surface area contributed by atoms with Crippen LogP contribution in [0.15, 0.2) is 60.7 Å². The molecule has 1 amide bonds. The highest BCUT2D eigenvalue weighted by Crippen LogP contribution is 2.47. The van der Waals surface area contributed by atoms with Gasteiger partial charge in [0.1, 0.15) is 0 Å². The maximum Gasteiger partial charge on any atom is 0.267 e. The number of ether oxygens (including phenoxy) is 1. The number of hydrogen-bond donors (Lipinski definition) is 0. The number of carbonyl (C=O) groups is 1. The zero-order valence-corrected chi connectivity index (χ0v) is 14.9. The van der Waals surface area contributed by atoms with E-state index in [1.54, 1.807) is 4.90 Å². The quantitative estimate of drug-likeness (QED) is 0.788. The maximum atomic E-state index is 12.3. The summed E-state index contributed by atoms with van der Waals surface area (Å²) in [5.74, 6) is 0.0715. The minimum absolute atomic E-state index is 0.0903. The molecule has 0 bridgehead atoms. The summed E-state index contributed by atoms with van der Waals surface area (Å²) in [6, 6.07) is 19.8. The molecule has 1 heterocycles. The third-order valence-electron chi connectivity index (χ3n) is 4.52. The Labute approximate surface area is 148 Å². The molecule has 0 aromatic heterocycles. The van der Waals surface area contributed by atoms with Crippen molar-refractivity contribution in [3.8, 4) is 0 Å². The third-order valence-corrected chi connectivity index (χ3v) is 4.80. The molecule has 3 rings (SSSR count). The molecular weight excluding hydrogens is 318 g/mol. The van der Waals surface area contributed by atoms with E-state index in [1.165, 1.54) is 6.92 Å². The van der Waals surface area contributed by atoms with Gasteiger partial charge in [0.25, 0.3) is 5.17 Å². The van der Waals surface area contributed by atoms with Gasteiger partial charge in [-0.15, -0.1) is 0 Å². The van der Waals surface area contributed by atoms with Crippen LogP contribution in [0.2, 0.25) is 0 Å². The molecule has 0 N–H and O–H groups in total. The summed E-state index contributed by atoms with van der Waals surface area (Å²) >= 11 is 5.44. The van der Waals surface area contributed by atoms with Crippen LogP contribution in [-0.2, 0) is 15.1 Å². The van der Waals surface area contributed by atoms with Gasteiger partial charge in [0.05, 0.1) is 6.04 Å². The Morgan fingerprint density at radius 2 is 1.50 bits per heavy atom. The summed E-state index contributed by atoms with van der Waals surface area (Å²) in [4.78, 5) is 13.9. The zero-order valence-electron chi connectivity index (χ0n) is 14.1. The van der Waals surface area contributed by atoms with E-state index in [0.717, 1.165) is 11.1 Å². The molecule has 0 radical (unpaired) electrons. The Kier molecular flexibility index (Phi) is 4.41. The number of amides is 1. The van der Waals surface area contributed by atoms with Gasteiger partial charge in [-0.1, -0.05) is 74.5 Å². The summed E-state index contributed by atoms with van der Waals surface area (Å²) in [6.07, 6.45) is 0. The Morgan fingerprint density at radius 3 is 1.88 bits per heavy atom. The molecule has 24 heavy (non-hydrogen) atoms. The largest absolute Gasteiger partial charge is 0.452 e. The lowest BCUT2D eigenvalue weighted by Crippen LogP contribution is -2.49. The molecule has 1 aliphatic heterocycles. The summed E-state index contributed by atoms with van der Waals surface area (Å²) in [7, 11) is 0. The van der Waals surface area contributed by atoms with Gasteiger partial charge in [-0.3, -0.25) is 9.69 Å². The van der Waals surface area contributed by atoms with Crippen molar-refractivity contribution >= 4 is 23.3 Å². The fraction of sp³-hybridized carbons (Fsp3) is 0.300.